The van der Waals surface area contributed by atoms with Gasteiger partial charge >= 0.3 is 0 Å². The fourth-order valence-electron chi connectivity index (χ4n) is 3.21. The van der Waals surface area contributed by atoms with Gasteiger partial charge in [-0.05, 0) is 37.0 Å². The lowest BCUT2D eigenvalue weighted by Gasteiger charge is -2.31. The second kappa shape index (κ2) is 8.19. The first-order valence-electron chi connectivity index (χ1n) is 8.61. The average Bonchev–Trinajstić information content (AvgIpc) is 2.65. The first-order valence-corrected chi connectivity index (χ1v) is 8.99. The number of hydrogen-bond acceptors (Lipinski definition) is 4. The molecule has 1 amide bonds. The number of carbonyl (C=O) groups is 1. The van der Waals surface area contributed by atoms with Crippen LogP contribution in [0.2, 0.25) is 5.02 Å². The molecule has 0 spiro atoms. The molecule has 0 aliphatic carbocycles. The van der Waals surface area contributed by atoms with Crippen molar-refractivity contribution in [3.8, 4) is 0 Å². The summed E-state index contributed by atoms with van der Waals surface area (Å²) in [6, 6.07) is 12.3. The molecule has 136 valence electrons. The molecule has 0 atom stereocenters. The van der Waals surface area contributed by atoms with Gasteiger partial charge < -0.3 is 10.2 Å². The maximum absolute atomic E-state index is 12.2. The molecular formula is C19H20ClN3O3. The van der Waals surface area contributed by atoms with Gasteiger partial charge in [0.15, 0.2) is 0 Å². The van der Waals surface area contributed by atoms with Crippen molar-refractivity contribution in [2.24, 2.45) is 0 Å². The van der Waals surface area contributed by atoms with E-state index in [0.717, 1.165) is 32.4 Å². The van der Waals surface area contributed by atoms with Crippen molar-refractivity contribution in [1.82, 2.24) is 5.32 Å². The predicted octanol–water partition coefficient (Wildman–Crippen LogP) is 3.82. The third-order valence-corrected chi connectivity index (χ3v) is 4.82. The summed E-state index contributed by atoms with van der Waals surface area (Å²) >= 11 is 5.99. The van der Waals surface area contributed by atoms with Crippen LogP contribution in [0.3, 0.4) is 0 Å². The number of rotatable bonds is 6. The topological polar surface area (TPSA) is 75.5 Å². The van der Waals surface area contributed by atoms with Crippen LogP contribution in [0.4, 0.5) is 11.4 Å². The van der Waals surface area contributed by atoms with Gasteiger partial charge in [0.05, 0.1) is 15.5 Å². The third kappa shape index (κ3) is 4.14. The number of fused-ring (bicyclic) bond motifs is 1. The zero-order chi connectivity index (χ0) is 18.5. The summed E-state index contributed by atoms with van der Waals surface area (Å²) in [4.78, 5) is 24.8. The van der Waals surface area contributed by atoms with E-state index >= 15 is 0 Å². The maximum Gasteiger partial charge on any atom is 0.270 e. The van der Waals surface area contributed by atoms with Gasteiger partial charge in [0, 0.05) is 37.5 Å². The number of anilines is 1. The number of nitro benzene ring substituents is 1. The van der Waals surface area contributed by atoms with E-state index in [1.807, 2.05) is 0 Å². The molecule has 0 unspecified atom stereocenters. The van der Waals surface area contributed by atoms with Crippen LogP contribution in [0.25, 0.3) is 0 Å². The number of carbonyl (C=O) groups excluding carboxylic acids is 1. The molecule has 1 aliphatic heterocycles. The minimum absolute atomic E-state index is 0.0849. The van der Waals surface area contributed by atoms with Crippen molar-refractivity contribution in [1.29, 1.82) is 0 Å². The van der Waals surface area contributed by atoms with Crippen molar-refractivity contribution in [3.63, 3.8) is 0 Å². The Balaban J connectivity index is 1.51. The lowest BCUT2D eigenvalue weighted by Crippen LogP contribution is -2.33. The molecule has 0 saturated heterocycles. The molecule has 0 fully saturated rings. The Morgan fingerprint density at radius 1 is 1.27 bits per heavy atom. The number of non-ortho nitro benzene ring substituents is 1. The summed E-state index contributed by atoms with van der Waals surface area (Å²) < 4.78 is 0. The molecule has 1 aliphatic rings. The number of nitrogens with one attached hydrogen (secondary N) is 1. The average molecular weight is 374 g/mol. The van der Waals surface area contributed by atoms with Gasteiger partial charge in [0.1, 0.15) is 0 Å². The molecule has 0 bridgehead atoms. The molecule has 1 heterocycles. The van der Waals surface area contributed by atoms with E-state index < -0.39 is 4.92 Å². The lowest BCUT2D eigenvalue weighted by atomic mass is 10.0. The van der Waals surface area contributed by atoms with E-state index in [1.54, 1.807) is 0 Å². The quantitative estimate of drug-likeness (QED) is 0.474. The number of nitrogens with zero attached hydrogens (tertiary/aromatic N) is 2. The number of benzene rings is 2. The van der Waals surface area contributed by atoms with Crippen LogP contribution >= 0.6 is 11.6 Å². The maximum atomic E-state index is 12.2. The van der Waals surface area contributed by atoms with Crippen LogP contribution < -0.4 is 10.2 Å². The molecular weight excluding hydrogens is 354 g/mol. The van der Waals surface area contributed by atoms with Crippen LogP contribution in [0.15, 0.2) is 42.5 Å². The van der Waals surface area contributed by atoms with Gasteiger partial charge in [-0.2, -0.15) is 0 Å². The standard InChI is InChI=1S/C19H20ClN3O3/c20-17-13-15(23(25)26)8-9-16(17)19(24)21-10-4-12-22-11-3-6-14-5-1-2-7-18(14)22/h1-2,5,7-9,13H,3-4,6,10-12H2,(H,21,24). The molecule has 3 rings (SSSR count). The minimum atomic E-state index is -0.538. The fraction of sp³-hybridized carbons (Fsp3) is 0.316. The molecule has 7 heteroatoms. The molecule has 0 saturated carbocycles. The summed E-state index contributed by atoms with van der Waals surface area (Å²) in [6.07, 6.45) is 3.06. The number of amides is 1. The highest BCUT2D eigenvalue weighted by atomic mass is 35.5. The van der Waals surface area contributed by atoms with Crippen LogP contribution in [-0.2, 0) is 6.42 Å². The molecule has 0 radical (unpaired) electrons. The normalized spacial score (nSPS) is 13.2. The van der Waals surface area contributed by atoms with E-state index in [9.17, 15) is 14.9 Å². The summed E-state index contributed by atoms with van der Waals surface area (Å²) in [7, 11) is 0. The molecule has 2 aromatic carbocycles. The number of aryl methyl sites for hydroxylation is 1. The van der Waals surface area contributed by atoms with Crippen LogP contribution in [0.1, 0.15) is 28.8 Å². The summed E-state index contributed by atoms with van der Waals surface area (Å²) in [6.45, 7) is 2.41. The summed E-state index contributed by atoms with van der Waals surface area (Å²) in [5, 5.41) is 13.6. The number of nitro groups is 1. The molecule has 26 heavy (non-hydrogen) atoms. The Bertz CT molecular complexity index is 825. The first kappa shape index (κ1) is 18.2. The van der Waals surface area contributed by atoms with Gasteiger partial charge in [-0.15, -0.1) is 0 Å². The van der Waals surface area contributed by atoms with Crippen LogP contribution in [-0.4, -0.2) is 30.5 Å². The van der Waals surface area contributed by atoms with Gasteiger partial charge in [0.2, 0.25) is 0 Å². The highest BCUT2D eigenvalue weighted by Gasteiger charge is 2.17. The summed E-state index contributed by atoms with van der Waals surface area (Å²) in [5.74, 6) is -0.316. The number of hydrogen-bond donors (Lipinski definition) is 1. The second-order valence-electron chi connectivity index (χ2n) is 6.25. The van der Waals surface area contributed by atoms with Crippen molar-refractivity contribution in [2.45, 2.75) is 19.3 Å². The highest BCUT2D eigenvalue weighted by Crippen LogP contribution is 2.26. The van der Waals surface area contributed by atoms with Crippen LogP contribution in [0.5, 0.6) is 0 Å². The van der Waals surface area contributed by atoms with E-state index in [0.29, 0.717) is 6.54 Å². The Hall–Kier alpha value is -2.60. The second-order valence-corrected chi connectivity index (χ2v) is 6.66. The molecule has 0 aromatic heterocycles. The van der Waals surface area contributed by atoms with Crippen LogP contribution in [0, 0.1) is 10.1 Å². The Morgan fingerprint density at radius 3 is 2.85 bits per heavy atom. The smallest absolute Gasteiger partial charge is 0.270 e. The van der Waals surface area contributed by atoms with E-state index in [2.05, 4.69) is 34.5 Å². The number of para-hydroxylation sites is 1. The monoisotopic (exact) mass is 373 g/mol. The highest BCUT2D eigenvalue weighted by molar-refractivity contribution is 6.34. The zero-order valence-electron chi connectivity index (χ0n) is 14.3. The molecule has 1 N–H and O–H groups in total. The van der Waals surface area contributed by atoms with E-state index in [4.69, 9.17) is 11.6 Å². The Morgan fingerprint density at radius 2 is 2.08 bits per heavy atom. The first-order chi connectivity index (χ1) is 12.6. The Labute approximate surface area is 156 Å². The zero-order valence-corrected chi connectivity index (χ0v) is 15.0. The minimum Gasteiger partial charge on any atom is -0.371 e. The van der Waals surface area contributed by atoms with Gasteiger partial charge in [-0.1, -0.05) is 29.8 Å². The molecule has 2 aromatic rings. The van der Waals surface area contributed by atoms with Gasteiger partial charge in [-0.3, -0.25) is 14.9 Å². The Kier molecular flexibility index (Phi) is 5.73. The fourth-order valence-corrected chi connectivity index (χ4v) is 3.47. The van der Waals surface area contributed by atoms with Gasteiger partial charge in [0.25, 0.3) is 11.6 Å². The van der Waals surface area contributed by atoms with E-state index in [-0.39, 0.29) is 22.2 Å². The van der Waals surface area contributed by atoms with Crippen molar-refractivity contribution < 1.29 is 9.72 Å². The molecule has 6 nitrogen and oxygen atoms in total. The largest absolute Gasteiger partial charge is 0.371 e. The predicted molar refractivity (Wildman–Crippen MR) is 102 cm³/mol. The van der Waals surface area contributed by atoms with E-state index in [1.165, 1.54) is 29.4 Å². The third-order valence-electron chi connectivity index (χ3n) is 4.50. The number of halogens is 1. The summed E-state index contributed by atoms with van der Waals surface area (Å²) in [5.41, 5.74) is 2.78. The van der Waals surface area contributed by atoms with Crippen molar-refractivity contribution >= 4 is 28.9 Å². The van der Waals surface area contributed by atoms with Crippen molar-refractivity contribution in [2.75, 3.05) is 24.5 Å². The lowest BCUT2D eigenvalue weighted by molar-refractivity contribution is -0.384. The van der Waals surface area contributed by atoms with Gasteiger partial charge in [-0.25, -0.2) is 0 Å². The van der Waals surface area contributed by atoms with Crippen molar-refractivity contribution in [3.05, 3.63) is 68.7 Å². The SMILES string of the molecule is O=C(NCCCN1CCCc2ccccc21)c1ccc([N+](=O)[O-])cc1Cl.